The van der Waals surface area contributed by atoms with Gasteiger partial charge in [0.15, 0.2) is 12.4 Å². The van der Waals surface area contributed by atoms with Crippen LogP contribution >= 0.6 is 0 Å². The van der Waals surface area contributed by atoms with E-state index in [1.807, 2.05) is 30.3 Å². The molecule has 4 rings (SSSR count). The van der Waals surface area contributed by atoms with E-state index in [4.69, 9.17) is 4.74 Å². The van der Waals surface area contributed by atoms with Gasteiger partial charge in [-0.15, -0.1) is 5.10 Å². The van der Waals surface area contributed by atoms with Gasteiger partial charge in [-0.2, -0.15) is 0 Å². The largest absolute Gasteiger partial charge is 0.454 e. The summed E-state index contributed by atoms with van der Waals surface area (Å²) in [7, 11) is 0. The molecule has 2 aromatic heterocycles. The van der Waals surface area contributed by atoms with E-state index in [1.165, 1.54) is 6.07 Å². The van der Waals surface area contributed by atoms with Crippen molar-refractivity contribution in [1.82, 2.24) is 25.2 Å². The van der Waals surface area contributed by atoms with Crippen molar-refractivity contribution in [2.45, 2.75) is 13.2 Å². The van der Waals surface area contributed by atoms with Crippen molar-refractivity contribution in [3.63, 3.8) is 0 Å². The van der Waals surface area contributed by atoms with Crippen molar-refractivity contribution in [3.8, 4) is 0 Å². The van der Waals surface area contributed by atoms with Crippen LogP contribution in [0.5, 0.6) is 0 Å². The van der Waals surface area contributed by atoms with Gasteiger partial charge in [0.1, 0.15) is 0 Å². The quantitative estimate of drug-likeness (QED) is 0.545. The van der Waals surface area contributed by atoms with Gasteiger partial charge < -0.3 is 9.72 Å². The number of carbonyl (C=O) groups is 1. The zero-order chi connectivity index (χ0) is 18.6. The molecule has 0 aliphatic rings. The molecule has 8 nitrogen and oxygen atoms in total. The van der Waals surface area contributed by atoms with Gasteiger partial charge in [0.2, 0.25) is 5.56 Å². The van der Waals surface area contributed by atoms with Gasteiger partial charge in [-0.25, -0.2) is 9.48 Å². The van der Waals surface area contributed by atoms with Gasteiger partial charge in [0.05, 0.1) is 12.1 Å². The number of hydrogen-bond donors (Lipinski definition) is 1. The fraction of sp³-hybridized carbons (Fsp3) is 0.105. The second kappa shape index (κ2) is 7.20. The number of nitrogens with one attached hydrogen (secondary N) is 1. The molecule has 4 aromatic rings. The number of carbonyl (C=O) groups excluding carboxylic acids is 1. The van der Waals surface area contributed by atoms with Crippen molar-refractivity contribution >= 4 is 16.9 Å². The highest BCUT2D eigenvalue weighted by Gasteiger charge is 2.15. The Labute approximate surface area is 153 Å². The smallest absolute Gasteiger partial charge is 0.339 e. The molecule has 27 heavy (non-hydrogen) atoms. The first-order chi connectivity index (χ1) is 13.2. The monoisotopic (exact) mass is 361 g/mol. The number of rotatable bonds is 5. The van der Waals surface area contributed by atoms with Crippen molar-refractivity contribution in [2.24, 2.45) is 0 Å². The molecule has 0 fully saturated rings. The lowest BCUT2D eigenvalue weighted by molar-refractivity contribution is 0.0459. The molecule has 0 radical (unpaired) electrons. The number of H-pyrrole nitrogens is 1. The molecule has 0 bridgehead atoms. The summed E-state index contributed by atoms with van der Waals surface area (Å²) < 4.78 is 6.93. The van der Waals surface area contributed by atoms with E-state index in [0.717, 1.165) is 5.56 Å². The number of benzene rings is 2. The zero-order valence-electron chi connectivity index (χ0n) is 14.2. The van der Waals surface area contributed by atoms with Crippen LogP contribution in [0.4, 0.5) is 0 Å². The Morgan fingerprint density at radius 3 is 2.70 bits per heavy atom. The number of tetrazole rings is 1. The van der Waals surface area contributed by atoms with Gasteiger partial charge in [0.25, 0.3) is 0 Å². The van der Waals surface area contributed by atoms with Crippen LogP contribution in [0.2, 0.25) is 0 Å². The first-order valence-electron chi connectivity index (χ1n) is 8.29. The zero-order valence-corrected chi connectivity index (χ0v) is 14.2. The standard InChI is InChI=1S/C19H15N5O3/c25-18-10-15(14-8-4-5-9-16(14)20-18)19(26)27-12-17-21-22-23-24(17)11-13-6-2-1-3-7-13/h1-10H,11-12H2,(H,20,25). The fourth-order valence-corrected chi connectivity index (χ4v) is 2.79. The third kappa shape index (κ3) is 3.59. The third-order valence-corrected chi connectivity index (χ3v) is 4.08. The van der Waals surface area contributed by atoms with Crippen LogP contribution in [-0.4, -0.2) is 31.2 Å². The molecule has 0 spiro atoms. The van der Waals surface area contributed by atoms with Crippen LogP contribution in [0.15, 0.2) is 65.5 Å². The minimum atomic E-state index is -0.605. The number of pyridine rings is 1. The minimum absolute atomic E-state index is 0.0974. The molecule has 134 valence electrons. The maximum Gasteiger partial charge on any atom is 0.339 e. The molecular formula is C19H15N5O3. The topological polar surface area (TPSA) is 103 Å². The highest BCUT2D eigenvalue weighted by atomic mass is 16.5. The number of ether oxygens (including phenoxy) is 1. The van der Waals surface area contributed by atoms with E-state index < -0.39 is 5.97 Å². The predicted molar refractivity (Wildman–Crippen MR) is 97.0 cm³/mol. The molecule has 0 aliphatic carbocycles. The summed E-state index contributed by atoms with van der Waals surface area (Å²) in [5, 5.41) is 12.1. The number of nitrogens with zero attached hydrogens (tertiary/aromatic N) is 4. The van der Waals surface area contributed by atoms with E-state index in [9.17, 15) is 9.59 Å². The Bertz CT molecular complexity index is 1150. The molecule has 8 heteroatoms. The van der Waals surface area contributed by atoms with Gasteiger partial charge in [-0.1, -0.05) is 48.5 Å². The van der Waals surface area contributed by atoms with Crippen LogP contribution < -0.4 is 5.56 Å². The first-order valence-corrected chi connectivity index (χ1v) is 8.29. The van der Waals surface area contributed by atoms with Gasteiger partial charge in [-0.3, -0.25) is 4.79 Å². The van der Waals surface area contributed by atoms with Gasteiger partial charge in [0, 0.05) is 17.0 Å². The van der Waals surface area contributed by atoms with Gasteiger partial charge >= 0.3 is 5.97 Å². The average molecular weight is 361 g/mol. The normalized spacial score (nSPS) is 10.8. The first kappa shape index (κ1) is 16.6. The van der Waals surface area contributed by atoms with Crippen LogP contribution in [0.25, 0.3) is 10.9 Å². The van der Waals surface area contributed by atoms with Crippen molar-refractivity contribution in [3.05, 3.63) is 88.0 Å². The lowest BCUT2D eigenvalue weighted by Gasteiger charge is -2.08. The summed E-state index contributed by atoms with van der Waals surface area (Å²) >= 11 is 0. The highest BCUT2D eigenvalue weighted by Crippen LogP contribution is 2.16. The summed E-state index contributed by atoms with van der Waals surface area (Å²) in [5.74, 6) is -0.187. The maximum absolute atomic E-state index is 12.5. The van der Waals surface area contributed by atoms with Gasteiger partial charge in [-0.05, 0) is 22.1 Å². The molecule has 0 unspecified atom stereocenters. The summed E-state index contributed by atoms with van der Waals surface area (Å²) in [6, 6.07) is 18.0. The van der Waals surface area contributed by atoms with Crippen LogP contribution in [0.3, 0.4) is 0 Å². The van der Waals surface area contributed by atoms with Crippen molar-refractivity contribution in [1.29, 1.82) is 0 Å². The Morgan fingerprint density at radius 2 is 1.85 bits per heavy atom. The van der Waals surface area contributed by atoms with E-state index in [1.54, 1.807) is 28.9 Å². The molecule has 0 atom stereocenters. The van der Waals surface area contributed by atoms with Crippen molar-refractivity contribution in [2.75, 3.05) is 0 Å². The molecule has 0 amide bonds. The lowest BCUT2D eigenvalue weighted by atomic mass is 10.1. The average Bonchev–Trinajstić information content (AvgIpc) is 3.13. The van der Waals surface area contributed by atoms with Crippen LogP contribution in [-0.2, 0) is 17.9 Å². The predicted octanol–water partition coefficient (Wildman–Crippen LogP) is 1.92. The number of hydrogen-bond acceptors (Lipinski definition) is 6. The van der Waals surface area contributed by atoms with E-state index >= 15 is 0 Å². The summed E-state index contributed by atoms with van der Waals surface area (Å²) in [4.78, 5) is 27.0. The molecular weight excluding hydrogens is 346 g/mol. The Hall–Kier alpha value is -3.81. The van der Waals surface area contributed by atoms with Crippen LogP contribution in [0.1, 0.15) is 21.7 Å². The maximum atomic E-state index is 12.5. The lowest BCUT2D eigenvalue weighted by Crippen LogP contribution is -2.15. The second-order valence-corrected chi connectivity index (χ2v) is 5.91. The van der Waals surface area contributed by atoms with Crippen LogP contribution in [0, 0.1) is 0 Å². The van der Waals surface area contributed by atoms with E-state index in [0.29, 0.717) is 23.3 Å². The second-order valence-electron chi connectivity index (χ2n) is 5.91. The minimum Gasteiger partial charge on any atom is -0.454 e. The van der Waals surface area contributed by atoms with Crippen molar-refractivity contribution < 1.29 is 9.53 Å². The van der Waals surface area contributed by atoms with E-state index in [-0.39, 0.29) is 17.7 Å². The molecule has 2 heterocycles. The molecule has 0 saturated heterocycles. The number of fused-ring (bicyclic) bond motifs is 1. The SMILES string of the molecule is O=C(OCc1nnnn1Cc1ccccc1)c1cc(=O)[nH]c2ccccc12. The Balaban J connectivity index is 1.53. The molecule has 0 aliphatic heterocycles. The number of esters is 1. The Morgan fingerprint density at radius 1 is 1.07 bits per heavy atom. The highest BCUT2D eigenvalue weighted by molar-refractivity contribution is 6.03. The summed E-state index contributed by atoms with van der Waals surface area (Å²) in [6.45, 7) is 0.369. The molecule has 1 N–H and O–H groups in total. The Kier molecular flexibility index (Phi) is 4.44. The van der Waals surface area contributed by atoms with E-state index in [2.05, 4.69) is 20.5 Å². The third-order valence-electron chi connectivity index (χ3n) is 4.08. The summed E-state index contributed by atoms with van der Waals surface area (Å²) in [6.07, 6.45) is 0. The number of aromatic nitrogens is 5. The molecule has 2 aromatic carbocycles. The fourth-order valence-electron chi connectivity index (χ4n) is 2.79. The number of aromatic amines is 1. The summed E-state index contributed by atoms with van der Waals surface area (Å²) in [5.41, 5.74) is 1.44. The molecule has 0 saturated carbocycles. The number of para-hydroxylation sites is 1.